The van der Waals surface area contributed by atoms with Crippen LogP contribution in [0.3, 0.4) is 0 Å². The van der Waals surface area contributed by atoms with Crippen LogP contribution in [-0.4, -0.2) is 30.3 Å². The first-order valence-corrected chi connectivity index (χ1v) is 4.58. The third-order valence-corrected chi connectivity index (χ3v) is 1.91. The van der Waals surface area contributed by atoms with Gasteiger partial charge in [0.15, 0.2) is 0 Å². The zero-order chi connectivity index (χ0) is 12.0. The molecular formula is C11H11NO4. The second-order valence-electron chi connectivity index (χ2n) is 3.05. The molecule has 0 aliphatic heterocycles. The molecule has 0 aromatic heterocycles. The monoisotopic (exact) mass is 221 g/mol. The number of carbonyl (C=O) groups excluding carboxylic acids is 1. The van der Waals surface area contributed by atoms with Gasteiger partial charge in [0.1, 0.15) is 6.04 Å². The van der Waals surface area contributed by atoms with Gasteiger partial charge < -0.3 is 15.2 Å². The molecule has 0 spiro atoms. The van der Waals surface area contributed by atoms with Gasteiger partial charge in [-0.2, -0.15) is 0 Å². The zero-order valence-corrected chi connectivity index (χ0v) is 8.69. The normalized spacial score (nSPS) is 14.2. The molecule has 1 aliphatic carbocycles. The number of methoxy groups -OCH3 is 1. The van der Waals surface area contributed by atoms with Crippen molar-refractivity contribution in [2.75, 3.05) is 7.11 Å². The van der Waals surface area contributed by atoms with Crippen LogP contribution in [0, 0.1) is 0 Å². The van der Waals surface area contributed by atoms with E-state index in [1.54, 1.807) is 18.2 Å². The summed E-state index contributed by atoms with van der Waals surface area (Å²) < 4.78 is 4.34. The van der Waals surface area contributed by atoms with Gasteiger partial charge >= 0.3 is 12.1 Å². The SMILES string of the molecule is COC(=O)N[C@@H](CC1=C=C=CC=C1)C(=O)O. The number of ether oxygens (including phenoxy) is 1. The van der Waals surface area contributed by atoms with Gasteiger partial charge in [-0.15, -0.1) is 0 Å². The van der Waals surface area contributed by atoms with Crippen LogP contribution in [-0.2, 0) is 9.53 Å². The first kappa shape index (κ1) is 11.9. The molecule has 1 atom stereocenters. The first-order chi connectivity index (χ1) is 7.63. The molecule has 1 rings (SSSR count). The van der Waals surface area contributed by atoms with Gasteiger partial charge in [0.05, 0.1) is 7.11 Å². The Hall–Kier alpha value is -2.22. The summed E-state index contributed by atoms with van der Waals surface area (Å²) >= 11 is 0. The fourth-order valence-corrected chi connectivity index (χ4v) is 1.13. The van der Waals surface area contributed by atoms with Crippen LogP contribution in [0.2, 0.25) is 0 Å². The molecule has 0 radical (unpaired) electrons. The fourth-order valence-electron chi connectivity index (χ4n) is 1.13. The summed E-state index contributed by atoms with van der Waals surface area (Å²) in [6, 6.07) is -1.03. The maximum absolute atomic E-state index is 10.9. The second kappa shape index (κ2) is 5.61. The summed E-state index contributed by atoms with van der Waals surface area (Å²) in [4.78, 5) is 21.8. The van der Waals surface area contributed by atoms with Gasteiger partial charge in [0, 0.05) is 12.0 Å². The van der Waals surface area contributed by atoms with Crippen molar-refractivity contribution >= 4 is 12.1 Å². The van der Waals surface area contributed by atoms with Crippen molar-refractivity contribution in [2.24, 2.45) is 0 Å². The van der Waals surface area contributed by atoms with Crippen molar-refractivity contribution in [2.45, 2.75) is 12.5 Å². The highest BCUT2D eigenvalue weighted by Gasteiger charge is 2.21. The molecule has 0 aromatic carbocycles. The van der Waals surface area contributed by atoms with E-state index in [0.29, 0.717) is 5.57 Å². The number of amides is 1. The molecular weight excluding hydrogens is 210 g/mol. The minimum atomic E-state index is -1.12. The van der Waals surface area contributed by atoms with E-state index in [1.807, 2.05) is 0 Å². The Morgan fingerprint density at radius 2 is 2.38 bits per heavy atom. The fraction of sp³-hybridized carbons (Fsp3) is 0.273. The van der Waals surface area contributed by atoms with E-state index in [4.69, 9.17) is 5.11 Å². The number of carbonyl (C=O) groups is 2. The lowest BCUT2D eigenvalue weighted by molar-refractivity contribution is -0.139. The number of allylic oxidation sites excluding steroid dienone is 3. The average Bonchev–Trinajstić information content (AvgIpc) is 2.29. The standard InChI is InChI=1S/C11H11NO4/c1-16-11(15)12-9(10(13)14)7-8-5-3-2-4-6-8/h2-3,5,9H,7H2,1H3,(H,12,15)(H,13,14)/t9-/m0/s1. The largest absolute Gasteiger partial charge is 0.480 e. The number of nitrogens with one attached hydrogen (secondary N) is 1. The lowest BCUT2D eigenvalue weighted by atomic mass is 10.1. The van der Waals surface area contributed by atoms with Crippen LogP contribution in [0.5, 0.6) is 0 Å². The summed E-state index contributed by atoms with van der Waals surface area (Å²) in [5.41, 5.74) is 6.13. The smallest absolute Gasteiger partial charge is 0.407 e. The number of rotatable bonds is 4. The van der Waals surface area contributed by atoms with E-state index in [2.05, 4.69) is 21.5 Å². The highest BCUT2D eigenvalue weighted by Crippen LogP contribution is 2.08. The van der Waals surface area contributed by atoms with Crippen molar-refractivity contribution in [3.8, 4) is 0 Å². The molecule has 5 nitrogen and oxygen atoms in total. The van der Waals surface area contributed by atoms with Gasteiger partial charge in [0.2, 0.25) is 0 Å². The van der Waals surface area contributed by atoms with E-state index >= 15 is 0 Å². The van der Waals surface area contributed by atoms with Crippen molar-refractivity contribution in [1.29, 1.82) is 0 Å². The summed E-state index contributed by atoms with van der Waals surface area (Å²) in [6.45, 7) is 0. The third kappa shape index (κ3) is 3.50. The Labute approximate surface area is 92.4 Å². The molecule has 2 N–H and O–H groups in total. The molecule has 1 amide bonds. The van der Waals surface area contributed by atoms with Gasteiger partial charge in [-0.25, -0.2) is 9.59 Å². The van der Waals surface area contributed by atoms with E-state index in [1.165, 1.54) is 7.11 Å². The van der Waals surface area contributed by atoms with Crippen LogP contribution >= 0.6 is 0 Å². The number of aliphatic carboxylic acids is 1. The quantitative estimate of drug-likeness (QED) is 0.694. The maximum Gasteiger partial charge on any atom is 0.407 e. The maximum atomic E-state index is 10.9. The molecule has 5 heteroatoms. The van der Waals surface area contributed by atoms with Gasteiger partial charge in [-0.05, 0) is 12.2 Å². The van der Waals surface area contributed by atoms with Crippen molar-refractivity contribution in [3.63, 3.8) is 0 Å². The predicted octanol–water partition coefficient (Wildman–Crippen LogP) is 0.992. The Bertz CT molecular complexity index is 423. The molecule has 16 heavy (non-hydrogen) atoms. The molecule has 0 unspecified atom stereocenters. The van der Waals surface area contributed by atoms with Gasteiger partial charge in [-0.3, -0.25) is 0 Å². The van der Waals surface area contributed by atoms with Crippen molar-refractivity contribution in [1.82, 2.24) is 5.32 Å². The molecule has 0 saturated heterocycles. The Morgan fingerprint density at radius 1 is 1.62 bits per heavy atom. The number of carboxylic acids is 1. The van der Waals surface area contributed by atoms with E-state index in [-0.39, 0.29) is 6.42 Å². The predicted molar refractivity (Wildman–Crippen MR) is 55.8 cm³/mol. The summed E-state index contributed by atoms with van der Waals surface area (Å²) in [6.07, 6.45) is 4.47. The third-order valence-electron chi connectivity index (χ3n) is 1.91. The number of carboxylic acid groups (broad SMARTS) is 1. The van der Waals surface area contributed by atoms with Gasteiger partial charge in [0.25, 0.3) is 0 Å². The van der Waals surface area contributed by atoms with Crippen molar-refractivity contribution < 1.29 is 19.4 Å². The molecule has 0 heterocycles. The van der Waals surface area contributed by atoms with Crippen LogP contribution in [0.1, 0.15) is 6.42 Å². The van der Waals surface area contributed by atoms with Crippen LogP contribution in [0.15, 0.2) is 35.3 Å². The van der Waals surface area contributed by atoms with Crippen LogP contribution in [0.4, 0.5) is 4.79 Å². The Kier molecular flexibility index (Phi) is 4.16. The number of hydrogen-bond acceptors (Lipinski definition) is 3. The van der Waals surface area contributed by atoms with Crippen molar-refractivity contribution in [3.05, 3.63) is 35.3 Å². The van der Waals surface area contributed by atoms with E-state index in [0.717, 1.165) is 0 Å². The summed E-state index contributed by atoms with van der Waals surface area (Å²) in [7, 11) is 1.18. The molecule has 0 saturated carbocycles. The molecule has 1 aliphatic rings. The number of alkyl carbamates (subject to hydrolysis) is 1. The lowest BCUT2D eigenvalue weighted by Crippen LogP contribution is -2.40. The molecule has 0 aromatic rings. The van der Waals surface area contributed by atoms with Crippen LogP contribution < -0.4 is 5.32 Å². The molecule has 0 fully saturated rings. The minimum absolute atomic E-state index is 0.141. The van der Waals surface area contributed by atoms with E-state index in [9.17, 15) is 9.59 Å². The average molecular weight is 221 g/mol. The Balaban J connectivity index is 2.69. The first-order valence-electron chi connectivity index (χ1n) is 4.58. The molecule has 84 valence electrons. The zero-order valence-electron chi connectivity index (χ0n) is 8.69. The summed E-state index contributed by atoms with van der Waals surface area (Å²) in [5, 5.41) is 11.1. The van der Waals surface area contributed by atoms with E-state index < -0.39 is 18.1 Å². The Morgan fingerprint density at radius 3 is 2.88 bits per heavy atom. The second-order valence-corrected chi connectivity index (χ2v) is 3.05. The topological polar surface area (TPSA) is 75.6 Å². The lowest BCUT2D eigenvalue weighted by Gasteiger charge is -2.13. The highest BCUT2D eigenvalue weighted by atomic mass is 16.5. The minimum Gasteiger partial charge on any atom is -0.480 e. The van der Waals surface area contributed by atoms with Gasteiger partial charge in [-0.1, -0.05) is 17.5 Å². The number of hydrogen-bond donors (Lipinski definition) is 2. The molecule has 0 bridgehead atoms. The highest BCUT2D eigenvalue weighted by molar-refractivity contribution is 5.80. The van der Waals surface area contributed by atoms with Crippen LogP contribution in [0.25, 0.3) is 0 Å². The summed E-state index contributed by atoms with van der Waals surface area (Å²) in [5.74, 6) is -1.12.